The Bertz CT molecular complexity index is 2050. The van der Waals surface area contributed by atoms with Crippen molar-refractivity contribution in [2.45, 2.75) is 38.6 Å². The summed E-state index contributed by atoms with van der Waals surface area (Å²) in [5, 5.41) is -0.0201. The molecule has 0 saturated heterocycles. The van der Waals surface area contributed by atoms with Crippen LogP contribution in [0.15, 0.2) is 92.7 Å². The summed E-state index contributed by atoms with van der Waals surface area (Å²) in [4.78, 5) is 31.9. The monoisotopic (exact) mass is 652 g/mol. The third kappa shape index (κ3) is 6.21. The quantitative estimate of drug-likeness (QED) is 0.186. The van der Waals surface area contributed by atoms with E-state index in [4.69, 9.17) is 25.3 Å². The Balaban J connectivity index is 1.61. The van der Waals surface area contributed by atoms with E-state index in [1.54, 1.807) is 45.0 Å². The van der Waals surface area contributed by atoms with Gasteiger partial charge in [-0.15, -0.1) is 0 Å². The van der Waals surface area contributed by atoms with Crippen LogP contribution in [0.2, 0.25) is 5.02 Å². The summed E-state index contributed by atoms with van der Waals surface area (Å²) in [5.41, 5.74) is 2.48. The zero-order valence-corrected chi connectivity index (χ0v) is 26.8. The van der Waals surface area contributed by atoms with Crippen LogP contribution >= 0.6 is 22.9 Å². The minimum Gasteiger partial charge on any atom is -0.490 e. The number of ether oxygens (including phenoxy) is 2. The van der Waals surface area contributed by atoms with Crippen molar-refractivity contribution in [2.75, 3.05) is 13.2 Å². The first-order chi connectivity index (χ1) is 21.0. The number of rotatable bonds is 9. The van der Waals surface area contributed by atoms with Crippen molar-refractivity contribution in [3.05, 3.63) is 119 Å². The van der Waals surface area contributed by atoms with Crippen LogP contribution < -0.4 is 23.8 Å². The van der Waals surface area contributed by atoms with Crippen molar-refractivity contribution in [3.63, 3.8) is 0 Å². The van der Waals surface area contributed by atoms with Gasteiger partial charge in [-0.25, -0.2) is 9.79 Å². The van der Waals surface area contributed by atoms with Crippen LogP contribution in [0, 0.1) is 6.92 Å². The van der Waals surface area contributed by atoms with E-state index >= 15 is 0 Å². The van der Waals surface area contributed by atoms with Gasteiger partial charge in [0, 0.05) is 0 Å². The van der Waals surface area contributed by atoms with Crippen molar-refractivity contribution >= 4 is 45.1 Å². The second kappa shape index (κ2) is 12.8. The lowest BCUT2D eigenvalue weighted by molar-refractivity contribution is -0.139. The first kappa shape index (κ1) is 31.2. The molecule has 44 heavy (non-hydrogen) atoms. The number of hydrogen-bond donors (Lipinski definition) is 0. The molecule has 0 saturated carbocycles. The lowest BCUT2D eigenvalue weighted by atomic mass is 9.96. The largest absolute Gasteiger partial charge is 0.490 e. The second-order valence-electron chi connectivity index (χ2n) is 9.83. The average Bonchev–Trinajstić information content (AvgIpc) is 3.28. The van der Waals surface area contributed by atoms with Gasteiger partial charge in [-0.3, -0.25) is 9.36 Å². The first-order valence-electron chi connectivity index (χ1n) is 13.8. The number of thiazole rings is 1. The minimum absolute atomic E-state index is 0.0201. The highest BCUT2D eigenvalue weighted by molar-refractivity contribution is 7.87. The van der Waals surface area contributed by atoms with Crippen molar-refractivity contribution in [1.82, 2.24) is 4.57 Å². The second-order valence-corrected chi connectivity index (χ2v) is 12.8. The molecular weight excluding hydrogens is 624 g/mol. The van der Waals surface area contributed by atoms with E-state index in [9.17, 15) is 18.0 Å². The van der Waals surface area contributed by atoms with Gasteiger partial charge < -0.3 is 13.7 Å². The molecule has 1 atom stereocenters. The van der Waals surface area contributed by atoms with Gasteiger partial charge in [-0.2, -0.15) is 8.42 Å². The molecule has 1 unspecified atom stereocenters. The maximum absolute atomic E-state index is 13.9. The Morgan fingerprint density at radius 1 is 1.05 bits per heavy atom. The summed E-state index contributed by atoms with van der Waals surface area (Å²) < 4.78 is 44.3. The summed E-state index contributed by atoms with van der Waals surface area (Å²) in [6.07, 6.45) is 1.61. The van der Waals surface area contributed by atoms with Gasteiger partial charge in [0.2, 0.25) is 5.75 Å². The molecule has 9 nitrogen and oxygen atoms in total. The molecular formula is C32H29ClN2O7S2. The number of aryl methyl sites for hydroxylation is 1. The molecule has 1 aromatic heterocycles. The molecule has 228 valence electrons. The number of hydrogen-bond acceptors (Lipinski definition) is 9. The highest BCUT2D eigenvalue weighted by Crippen LogP contribution is 2.39. The fraction of sp³-hybridized carbons (Fsp3) is 0.219. The van der Waals surface area contributed by atoms with Crippen molar-refractivity contribution in [1.29, 1.82) is 0 Å². The lowest BCUT2D eigenvalue weighted by Crippen LogP contribution is -2.39. The lowest BCUT2D eigenvalue weighted by Gasteiger charge is -2.24. The molecule has 0 radical (unpaired) electrons. The number of carbonyl (C=O) groups is 1. The van der Waals surface area contributed by atoms with Gasteiger partial charge in [0.1, 0.15) is 4.90 Å². The highest BCUT2D eigenvalue weighted by atomic mass is 35.5. The van der Waals surface area contributed by atoms with Crippen molar-refractivity contribution in [2.24, 2.45) is 4.99 Å². The van der Waals surface area contributed by atoms with Gasteiger partial charge in [-0.05, 0) is 69.2 Å². The molecule has 0 spiro atoms. The molecule has 0 aliphatic carbocycles. The molecule has 5 rings (SSSR count). The smallest absolute Gasteiger partial charge is 0.339 e. The van der Waals surface area contributed by atoms with E-state index in [0.29, 0.717) is 20.6 Å². The summed E-state index contributed by atoms with van der Waals surface area (Å²) in [6.45, 7) is 7.41. The van der Waals surface area contributed by atoms with E-state index in [1.807, 2.05) is 37.3 Å². The molecule has 0 bridgehead atoms. The van der Waals surface area contributed by atoms with Crippen LogP contribution in [0.5, 0.6) is 11.5 Å². The van der Waals surface area contributed by atoms with Crippen LogP contribution in [0.25, 0.3) is 6.08 Å². The maximum Gasteiger partial charge on any atom is 0.339 e. The number of fused-ring (bicyclic) bond motifs is 1. The number of esters is 1. The van der Waals surface area contributed by atoms with Gasteiger partial charge in [0.05, 0.1) is 40.1 Å². The third-order valence-electron chi connectivity index (χ3n) is 6.76. The summed E-state index contributed by atoms with van der Waals surface area (Å²) in [7, 11) is -4.21. The molecule has 0 fully saturated rings. The first-order valence-corrected chi connectivity index (χ1v) is 16.4. The molecule has 1 aliphatic heterocycles. The summed E-state index contributed by atoms with van der Waals surface area (Å²) in [5.74, 6) is -0.606. The van der Waals surface area contributed by atoms with E-state index in [1.165, 1.54) is 22.8 Å². The number of halogens is 1. The number of allylic oxidation sites excluding steroid dienone is 1. The fourth-order valence-electron chi connectivity index (χ4n) is 4.77. The van der Waals surface area contributed by atoms with Crippen LogP contribution in [-0.4, -0.2) is 32.2 Å². The predicted molar refractivity (Wildman–Crippen MR) is 168 cm³/mol. The van der Waals surface area contributed by atoms with Gasteiger partial charge in [-0.1, -0.05) is 71.0 Å². The summed E-state index contributed by atoms with van der Waals surface area (Å²) in [6, 6.07) is 17.8. The number of carbonyl (C=O) groups excluding carboxylic acids is 1. The van der Waals surface area contributed by atoms with Gasteiger partial charge in [0.25, 0.3) is 5.56 Å². The number of aromatic nitrogens is 1. The molecule has 0 N–H and O–H groups in total. The zero-order valence-electron chi connectivity index (χ0n) is 24.4. The van der Waals surface area contributed by atoms with Crippen LogP contribution in [0.4, 0.5) is 0 Å². The van der Waals surface area contributed by atoms with Crippen LogP contribution in [-0.2, 0) is 19.6 Å². The Hall–Kier alpha value is -4.19. The number of nitrogens with zero attached hydrogens (tertiary/aromatic N) is 2. The van der Waals surface area contributed by atoms with Crippen LogP contribution in [0.1, 0.15) is 43.5 Å². The van der Waals surface area contributed by atoms with E-state index in [-0.39, 0.29) is 45.8 Å². The standard InChI is InChI=1S/C32H29ClN2O7S2/c1-5-40-25-17-21(16-24(33)29(25)42-44(38,39)23-14-12-19(3)13-15-23)18-26-30(36)35-28(22-10-8-7-9-11-22)27(31(37)41-6-2)20(4)34-32(35)43-26/h7-18,28H,5-6H2,1-4H3/b26-18-. The fourth-order valence-corrected chi connectivity index (χ4v) is 7.08. The maximum atomic E-state index is 13.9. The van der Waals surface area contributed by atoms with Crippen LogP contribution in [0.3, 0.4) is 0 Å². The Morgan fingerprint density at radius 2 is 1.75 bits per heavy atom. The minimum atomic E-state index is -4.21. The van der Waals surface area contributed by atoms with Crippen molar-refractivity contribution in [3.8, 4) is 11.5 Å². The Labute approximate surface area is 263 Å². The topological polar surface area (TPSA) is 113 Å². The Kier molecular flexibility index (Phi) is 9.10. The molecule has 2 heterocycles. The molecule has 12 heteroatoms. The normalized spacial score (nSPS) is 15.0. The van der Waals surface area contributed by atoms with E-state index in [2.05, 4.69) is 4.99 Å². The van der Waals surface area contributed by atoms with Crippen molar-refractivity contribution < 1.29 is 26.9 Å². The summed E-state index contributed by atoms with van der Waals surface area (Å²) >= 11 is 7.71. The van der Waals surface area contributed by atoms with E-state index < -0.39 is 22.1 Å². The predicted octanol–water partition coefficient (Wildman–Crippen LogP) is 4.93. The molecule has 0 amide bonds. The Morgan fingerprint density at radius 3 is 2.41 bits per heavy atom. The van der Waals surface area contributed by atoms with Gasteiger partial charge >= 0.3 is 16.1 Å². The van der Waals surface area contributed by atoms with Gasteiger partial charge in [0.15, 0.2) is 10.6 Å². The molecule has 3 aromatic carbocycles. The zero-order chi connectivity index (χ0) is 31.6. The molecule has 4 aromatic rings. The molecule has 1 aliphatic rings. The van der Waals surface area contributed by atoms with E-state index in [0.717, 1.165) is 22.5 Å². The highest BCUT2D eigenvalue weighted by Gasteiger charge is 2.33. The average molecular weight is 653 g/mol. The SMILES string of the molecule is CCOC(=O)C1=C(C)N=c2s/c(=C\c3cc(Cl)c(OS(=O)(=O)c4ccc(C)cc4)c(OCC)c3)c(=O)n2C1c1ccccc1. The number of benzene rings is 3. The third-order valence-corrected chi connectivity index (χ3v) is 9.26.